The van der Waals surface area contributed by atoms with Gasteiger partial charge in [-0.2, -0.15) is 0 Å². The monoisotopic (exact) mass is 273 g/mol. The van der Waals surface area contributed by atoms with E-state index in [1.54, 1.807) is 6.07 Å². The second kappa shape index (κ2) is 5.40. The lowest BCUT2D eigenvalue weighted by atomic mass is 9.77. The van der Waals surface area contributed by atoms with Crippen LogP contribution in [-0.2, 0) is 6.42 Å². The van der Waals surface area contributed by atoms with Gasteiger partial charge in [-0.15, -0.1) is 0 Å². The van der Waals surface area contributed by atoms with Gasteiger partial charge in [0.1, 0.15) is 5.75 Å². The smallest absolute Gasteiger partial charge is 0.115 e. The zero-order valence-corrected chi connectivity index (χ0v) is 12.7. The largest absolute Gasteiger partial charge is 0.508 e. The Balaban J connectivity index is 1.66. The first kappa shape index (κ1) is 13.9. The Kier molecular flexibility index (Phi) is 3.76. The van der Waals surface area contributed by atoms with Crippen LogP contribution in [0.15, 0.2) is 24.3 Å². The van der Waals surface area contributed by atoms with E-state index < -0.39 is 0 Å². The number of hydrogen-bond acceptors (Lipinski definition) is 2. The quantitative estimate of drug-likeness (QED) is 0.830. The van der Waals surface area contributed by atoms with Gasteiger partial charge >= 0.3 is 0 Å². The summed E-state index contributed by atoms with van der Waals surface area (Å²) in [6.45, 7) is 6.77. The molecule has 0 spiro atoms. The summed E-state index contributed by atoms with van der Waals surface area (Å²) >= 11 is 0. The number of phenols is 1. The van der Waals surface area contributed by atoms with Crippen LogP contribution < -0.4 is 5.32 Å². The number of nitrogens with one attached hydrogen (secondary N) is 1. The highest BCUT2D eigenvalue weighted by molar-refractivity contribution is 5.28. The first-order chi connectivity index (χ1) is 9.56. The highest BCUT2D eigenvalue weighted by atomic mass is 16.3. The molecule has 20 heavy (non-hydrogen) atoms. The third-order valence-electron chi connectivity index (χ3n) is 5.00. The van der Waals surface area contributed by atoms with Crippen molar-refractivity contribution in [3.8, 4) is 5.75 Å². The molecule has 0 amide bonds. The summed E-state index contributed by atoms with van der Waals surface area (Å²) < 4.78 is 0. The third-order valence-corrected chi connectivity index (χ3v) is 5.00. The predicted molar refractivity (Wildman–Crippen MR) is 82.8 cm³/mol. The van der Waals surface area contributed by atoms with Crippen molar-refractivity contribution >= 4 is 0 Å². The van der Waals surface area contributed by atoms with Crippen molar-refractivity contribution in [2.45, 2.75) is 39.5 Å². The molecule has 2 heteroatoms. The van der Waals surface area contributed by atoms with Gasteiger partial charge in [-0.3, -0.25) is 0 Å². The van der Waals surface area contributed by atoms with Gasteiger partial charge < -0.3 is 10.4 Å². The fraction of sp³-hybridized carbons (Fsp3) is 0.667. The highest BCUT2D eigenvalue weighted by Gasteiger charge is 2.53. The molecule has 2 atom stereocenters. The average Bonchev–Trinajstić information content (AvgIpc) is 2.97. The predicted octanol–water partition coefficient (Wildman–Crippen LogP) is 3.60. The Morgan fingerprint density at radius 3 is 2.70 bits per heavy atom. The molecule has 3 rings (SSSR count). The SMILES string of the molecule is CC(C)CNCC1(Cc2cccc(O)c2)CC2CC2C1. The topological polar surface area (TPSA) is 32.3 Å². The van der Waals surface area contributed by atoms with Crippen LogP contribution in [-0.4, -0.2) is 18.2 Å². The molecular formula is C18H27NO. The van der Waals surface area contributed by atoms with Crippen molar-refractivity contribution in [3.05, 3.63) is 29.8 Å². The molecule has 2 aliphatic rings. The number of phenolic OH excluding ortho intramolecular Hbond substituents is 1. The van der Waals surface area contributed by atoms with Crippen LogP contribution in [0.1, 0.15) is 38.7 Å². The summed E-state index contributed by atoms with van der Waals surface area (Å²) in [6, 6.07) is 7.83. The Morgan fingerprint density at radius 2 is 2.05 bits per heavy atom. The van der Waals surface area contributed by atoms with Crippen molar-refractivity contribution in [1.29, 1.82) is 0 Å². The summed E-state index contributed by atoms with van der Waals surface area (Å²) in [5, 5.41) is 13.3. The molecule has 2 unspecified atom stereocenters. The maximum Gasteiger partial charge on any atom is 0.115 e. The second-order valence-corrected chi connectivity index (χ2v) is 7.54. The highest BCUT2D eigenvalue weighted by Crippen LogP contribution is 2.60. The lowest BCUT2D eigenvalue weighted by Gasteiger charge is -2.32. The molecule has 0 heterocycles. The van der Waals surface area contributed by atoms with E-state index >= 15 is 0 Å². The molecule has 2 nitrogen and oxygen atoms in total. The summed E-state index contributed by atoms with van der Waals surface area (Å²) in [5.74, 6) is 3.10. The van der Waals surface area contributed by atoms with Crippen molar-refractivity contribution in [1.82, 2.24) is 5.32 Å². The molecule has 0 aromatic heterocycles. The van der Waals surface area contributed by atoms with E-state index in [9.17, 15) is 5.11 Å². The van der Waals surface area contributed by atoms with E-state index in [1.165, 1.54) is 24.8 Å². The van der Waals surface area contributed by atoms with E-state index in [4.69, 9.17) is 0 Å². The Morgan fingerprint density at radius 1 is 1.30 bits per heavy atom. The van der Waals surface area contributed by atoms with Gasteiger partial charge in [-0.25, -0.2) is 0 Å². The van der Waals surface area contributed by atoms with Crippen LogP contribution in [0.3, 0.4) is 0 Å². The minimum atomic E-state index is 0.399. The van der Waals surface area contributed by atoms with Crippen LogP contribution in [0.4, 0.5) is 0 Å². The molecule has 2 N–H and O–H groups in total. The van der Waals surface area contributed by atoms with Gasteiger partial charge in [0, 0.05) is 6.54 Å². The lowest BCUT2D eigenvalue weighted by molar-refractivity contribution is 0.245. The van der Waals surface area contributed by atoms with Crippen LogP contribution in [0.5, 0.6) is 5.75 Å². The molecular weight excluding hydrogens is 246 g/mol. The van der Waals surface area contributed by atoms with Crippen molar-refractivity contribution in [2.24, 2.45) is 23.2 Å². The van der Waals surface area contributed by atoms with E-state index in [0.29, 0.717) is 17.1 Å². The fourth-order valence-electron chi connectivity index (χ4n) is 4.08. The van der Waals surface area contributed by atoms with E-state index in [0.717, 1.165) is 31.3 Å². The van der Waals surface area contributed by atoms with Crippen LogP contribution in [0.25, 0.3) is 0 Å². The Labute approximate surface area is 122 Å². The molecule has 0 bridgehead atoms. The maximum absolute atomic E-state index is 9.66. The van der Waals surface area contributed by atoms with Crippen molar-refractivity contribution < 1.29 is 5.11 Å². The average molecular weight is 273 g/mol. The summed E-state index contributed by atoms with van der Waals surface area (Å²) in [6.07, 6.45) is 5.32. The molecule has 0 radical (unpaired) electrons. The fourth-order valence-corrected chi connectivity index (χ4v) is 4.08. The van der Waals surface area contributed by atoms with E-state index in [-0.39, 0.29) is 0 Å². The third kappa shape index (κ3) is 3.17. The van der Waals surface area contributed by atoms with Gasteiger partial charge in [-0.05, 0) is 73.1 Å². The first-order valence-corrected chi connectivity index (χ1v) is 8.05. The maximum atomic E-state index is 9.66. The molecule has 1 aromatic carbocycles. The Hall–Kier alpha value is -1.02. The minimum Gasteiger partial charge on any atom is -0.508 e. The number of fused-ring (bicyclic) bond motifs is 1. The molecule has 2 saturated carbocycles. The lowest BCUT2D eigenvalue weighted by Crippen LogP contribution is -2.36. The zero-order chi connectivity index (χ0) is 14.2. The van der Waals surface area contributed by atoms with Crippen LogP contribution in [0.2, 0.25) is 0 Å². The number of benzene rings is 1. The van der Waals surface area contributed by atoms with Crippen LogP contribution >= 0.6 is 0 Å². The Bertz CT molecular complexity index is 458. The van der Waals surface area contributed by atoms with Crippen LogP contribution in [0, 0.1) is 23.2 Å². The molecule has 110 valence electrons. The summed E-state index contributed by atoms with van der Waals surface area (Å²) in [4.78, 5) is 0. The van der Waals surface area contributed by atoms with Gasteiger partial charge in [0.25, 0.3) is 0 Å². The number of aromatic hydroxyl groups is 1. The van der Waals surface area contributed by atoms with Gasteiger partial charge in [0.05, 0.1) is 0 Å². The molecule has 2 fully saturated rings. The van der Waals surface area contributed by atoms with E-state index in [1.807, 2.05) is 12.1 Å². The molecule has 1 aromatic rings. The normalized spacial score (nSPS) is 31.6. The van der Waals surface area contributed by atoms with Crippen molar-refractivity contribution in [3.63, 3.8) is 0 Å². The summed E-state index contributed by atoms with van der Waals surface area (Å²) in [7, 11) is 0. The zero-order valence-electron chi connectivity index (χ0n) is 12.7. The van der Waals surface area contributed by atoms with Crippen molar-refractivity contribution in [2.75, 3.05) is 13.1 Å². The van der Waals surface area contributed by atoms with E-state index in [2.05, 4.69) is 25.2 Å². The molecule has 0 saturated heterocycles. The van der Waals surface area contributed by atoms with Gasteiger partial charge in [0.2, 0.25) is 0 Å². The standard InChI is InChI=1S/C18H27NO/c1-13(2)11-19-12-18(9-15-7-16(15)10-18)8-14-4-3-5-17(20)6-14/h3-6,13,15-16,19-20H,7-12H2,1-2H3. The number of rotatable bonds is 6. The minimum absolute atomic E-state index is 0.399. The van der Waals surface area contributed by atoms with Gasteiger partial charge in [0.15, 0.2) is 0 Å². The second-order valence-electron chi connectivity index (χ2n) is 7.54. The first-order valence-electron chi connectivity index (χ1n) is 8.05. The van der Waals surface area contributed by atoms with Gasteiger partial charge in [-0.1, -0.05) is 26.0 Å². The molecule has 0 aliphatic heterocycles. The summed E-state index contributed by atoms with van der Waals surface area (Å²) in [5.41, 5.74) is 1.72. The molecule has 2 aliphatic carbocycles. The number of hydrogen-bond donors (Lipinski definition) is 2.